The maximum absolute atomic E-state index is 10.8. The summed E-state index contributed by atoms with van der Waals surface area (Å²) in [5, 5.41) is 18.2. The van der Waals surface area contributed by atoms with Gasteiger partial charge in [-0.2, -0.15) is 5.10 Å². The lowest BCUT2D eigenvalue weighted by molar-refractivity contribution is -0.385. The second-order valence-electron chi connectivity index (χ2n) is 4.60. The molecule has 0 atom stereocenters. The van der Waals surface area contributed by atoms with Crippen molar-refractivity contribution in [2.24, 2.45) is 0 Å². The van der Waals surface area contributed by atoms with E-state index in [0.29, 0.717) is 12.3 Å². The van der Waals surface area contributed by atoms with E-state index in [1.165, 1.54) is 13.2 Å². The Morgan fingerprint density at radius 2 is 2.29 bits per heavy atom. The Hall–Kier alpha value is -2.41. The molecule has 21 heavy (non-hydrogen) atoms. The first-order chi connectivity index (χ1) is 10.2. The van der Waals surface area contributed by atoms with Crippen molar-refractivity contribution in [1.29, 1.82) is 0 Å². The van der Waals surface area contributed by atoms with E-state index in [1.54, 1.807) is 18.3 Å². The van der Waals surface area contributed by atoms with Gasteiger partial charge in [-0.15, -0.1) is 0 Å². The number of aryl methyl sites for hydroxylation is 1. The van der Waals surface area contributed by atoms with Crippen molar-refractivity contribution in [3.8, 4) is 5.75 Å². The molecule has 0 fully saturated rings. The normalized spacial score (nSPS) is 10.5. The fourth-order valence-corrected chi connectivity index (χ4v) is 2.00. The molecule has 0 amide bonds. The first kappa shape index (κ1) is 15.0. The third-order valence-corrected chi connectivity index (χ3v) is 3.03. The van der Waals surface area contributed by atoms with Gasteiger partial charge in [-0.3, -0.25) is 14.8 Å². The molecular weight excluding hydrogens is 272 g/mol. The van der Waals surface area contributed by atoms with Gasteiger partial charge in [-0.25, -0.2) is 0 Å². The summed E-state index contributed by atoms with van der Waals surface area (Å²) in [5.74, 6) is 0.498. The maximum atomic E-state index is 10.8. The Labute approximate surface area is 122 Å². The maximum Gasteiger partial charge on any atom is 0.273 e. The molecule has 1 heterocycles. The van der Waals surface area contributed by atoms with E-state index in [1.807, 2.05) is 16.9 Å². The van der Waals surface area contributed by atoms with Crippen LogP contribution in [0.2, 0.25) is 0 Å². The monoisotopic (exact) mass is 290 g/mol. The zero-order chi connectivity index (χ0) is 15.1. The number of aromatic nitrogens is 2. The van der Waals surface area contributed by atoms with Gasteiger partial charge in [0.1, 0.15) is 5.75 Å². The quantitative estimate of drug-likeness (QED) is 0.456. The summed E-state index contributed by atoms with van der Waals surface area (Å²) in [5.41, 5.74) is 0.878. The van der Waals surface area contributed by atoms with Crippen molar-refractivity contribution in [2.45, 2.75) is 19.5 Å². The van der Waals surface area contributed by atoms with Crippen molar-refractivity contribution in [1.82, 2.24) is 15.1 Å². The van der Waals surface area contributed by atoms with E-state index in [9.17, 15) is 10.1 Å². The van der Waals surface area contributed by atoms with Crippen LogP contribution in [0.5, 0.6) is 5.75 Å². The van der Waals surface area contributed by atoms with E-state index in [4.69, 9.17) is 4.74 Å². The molecule has 112 valence electrons. The lowest BCUT2D eigenvalue weighted by Crippen LogP contribution is -2.16. The van der Waals surface area contributed by atoms with Crippen LogP contribution >= 0.6 is 0 Å². The number of nitrogens with one attached hydrogen (secondary N) is 1. The first-order valence-corrected chi connectivity index (χ1v) is 6.69. The van der Waals surface area contributed by atoms with Crippen LogP contribution in [0.1, 0.15) is 12.0 Å². The third kappa shape index (κ3) is 4.57. The second-order valence-corrected chi connectivity index (χ2v) is 4.60. The number of nitro groups is 1. The molecule has 0 saturated heterocycles. The topological polar surface area (TPSA) is 82.2 Å². The molecule has 2 aromatic rings. The average Bonchev–Trinajstić information content (AvgIpc) is 2.99. The Morgan fingerprint density at radius 1 is 1.43 bits per heavy atom. The SMILES string of the molecule is COc1cc(CNCCCn2cccn2)cc([N+](=O)[O-])c1. The largest absolute Gasteiger partial charge is 0.496 e. The summed E-state index contributed by atoms with van der Waals surface area (Å²) in [6, 6.07) is 6.67. The van der Waals surface area contributed by atoms with Crippen LogP contribution in [-0.2, 0) is 13.1 Å². The zero-order valence-electron chi connectivity index (χ0n) is 11.9. The molecule has 0 radical (unpaired) electrons. The predicted molar refractivity (Wildman–Crippen MR) is 78.2 cm³/mol. The van der Waals surface area contributed by atoms with Crippen molar-refractivity contribution in [3.05, 3.63) is 52.3 Å². The zero-order valence-corrected chi connectivity index (χ0v) is 11.9. The Bertz CT molecular complexity index is 584. The summed E-state index contributed by atoms with van der Waals surface area (Å²) in [6.07, 6.45) is 4.61. The summed E-state index contributed by atoms with van der Waals surface area (Å²) in [7, 11) is 1.50. The number of hydrogen-bond acceptors (Lipinski definition) is 5. The van der Waals surface area contributed by atoms with E-state index >= 15 is 0 Å². The molecule has 7 nitrogen and oxygen atoms in total. The van der Waals surface area contributed by atoms with E-state index < -0.39 is 4.92 Å². The van der Waals surface area contributed by atoms with Gasteiger partial charge in [0.05, 0.1) is 18.1 Å². The fraction of sp³-hybridized carbons (Fsp3) is 0.357. The number of benzene rings is 1. The van der Waals surface area contributed by atoms with Crippen LogP contribution in [0.4, 0.5) is 5.69 Å². The molecule has 0 bridgehead atoms. The summed E-state index contributed by atoms with van der Waals surface area (Å²) < 4.78 is 6.95. The highest BCUT2D eigenvalue weighted by atomic mass is 16.6. The number of ether oxygens (including phenoxy) is 1. The predicted octanol–water partition coefficient (Wildman–Crippen LogP) is 1.98. The molecule has 0 aliphatic heterocycles. The molecule has 7 heteroatoms. The molecule has 0 spiro atoms. The van der Waals surface area contributed by atoms with Gasteiger partial charge < -0.3 is 10.1 Å². The van der Waals surface area contributed by atoms with Gasteiger partial charge >= 0.3 is 0 Å². The minimum atomic E-state index is -0.413. The number of non-ortho nitro benzene ring substituents is 1. The number of methoxy groups -OCH3 is 1. The minimum Gasteiger partial charge on any atom is -0.496 e. The number of rotatable bonds is 8. The van der Waals surface area contributed by atoms with Crippen molar-refractivity contribution in [2.75, 3.05) is 13.7 Å². The summed E-state index contributed by atoms with van der Waals surface area (Å²) >= 11 is 0. The Balaban J connectivity index is 1.82. The Morgan fingerprint density at radius 3 is 2.95 bits per heavy atom. The van der Waals surface area contributed by atoms with Gasteiger partial charge in [-0.1, -0.05) is 0 Å². The fourth-order valence-electron chi connectivity index (χ4n) is 2.00. The van der Waals surface area contributed by atoms with Gasteiger partial charge in [0.2, 0.25) is 0 Å². The molecule has 0 aliphatic carbocycles. The van der Waals surface area contributed by atoms with Gasteiger partial charge in [0, 0.05) is 31.5 Å². The van der Waals surface area contributed by atoms with Gasteiger partial charge in [0.15, 0.2) is 0 Å². The van der Waals surface area contributed by atoms with Crippen LogP contribution in [0.25, 0.3) is 0 Å². The number of hydrogen-bond donors (Lipinski definition) is 1. The molecule has 0 aliphatic rings. The van der Waals surface area contributed by atoms with Crippen molar-refractivity contribution < 1.29 is 9.66 Å². The van der Waals surface area contributed by atoms with E-state index in [0.717, 1.165) is 25.1 Å². The molecule has 0 saturated carbocycles. The number of nitrogens with zero attached hydrogens (tertiary/aromatic N) is 3. The van der Waals surface area contributed by atoms with Crippen LogP contribution in [0, 0.1) is 10.1 Å². The highest BCUT2D eigenvalue weighted by Crippen LogP contribution is 2.22. The van der Waals surface area contributed by atoms with E-state index in [-0.39, 0.29) is 5.69 Å². The average molecular weight is 290 g/mol. The van der Waals surface area contributed by atoms with Crippen LogP contribution in [0.3, 0.4) is 0 Å². The molecule has 2 rings (SSSR count). The summed E-state index contributed by atoms with van der Waals surface area (Å²) in [4.78, 5) is 10.4. The smallest absolute Gasteiger partial charge is 0.273 e. The molecule has 1 aromatic carbocycles. The van der Waals surface area contributed by atoms with Crippen molar-refractivity contribution in [3.63, 3.8) is 0 Å². The number of nitro benzene ring substituents is 1. The van der Waals surface area contributed by atoms with Gasteiger partial charge in [0.25, 0.3) is 5.69 Å². The third-order valence-electron chi connectivity index (χ3n) is 3.03. The Kier molecular flexibility index (Phi) is 5.28. The van der Waals surface area contributed by atoms with Crippen LogP contribution < -0.4 is 10.1 Å². The highest BCUT2D eigenvalue weighted by Gasteiger charge is 2.09. The highest BCUT2D eigenvalue weighted by molar-refractivity contribution is 5.42. The minimum absolute atomic E-state index is 0.0442. The summed E-state index contributed by atoms with van der Waals surface area (Å²) in [6.45, 7) is 2.22. The standard InChI is InChI=1S/C14H18N4O3/c1-21-14-9-12(8-13(10-14)18(19)20)11-15-4-2-6-17-7-3-5-16-17/h3,5,7-10,15H,2,4,6,11H2,1H3. The lowest BCUT2D eigenvalue weighted by Gasteiger charge is -2.07. The second kappa shape index (κ2) is 7.39. The van der Waals surface area contributed by atoms with Crippen LogP contribution in [0.15, 0.2) is 36.7 Å². The molecular formula is C14H18N4O3. The van der Waals surface area contributed by atoms with E-state index in [2.05, 4.69) is 10.4 Å². The lowest BCUT2D eigenvalue weighted by atomic mass is 10.2. The van der Waals surface area contributed by atoms with Gasteiger partial charge in [-0.05, 0) is 30.7 Å². The molecule has 1 aromatic heterocycles. The van der Waals surface area contributed by atoms with Crippen LogP contribution in [-0.4, -0.2) is 28.4 Å². The molecule has 0 unspecified atom stereocenters. The first-order valence-electron chi connectivity index (χ1n) is 6.69. The molecule has 1 N–H and O–H groups in total. The van der Waals surface area contributed by atoms with Crippen molar-refractivity contribution >= 4 is 5.69 Å².